The lowest BCUT2D eigenvalue weighted by molar-refractivity contribution is -0.123. The van der Waals surface area contributed by atoms with Gasteiger partial charge in [0, 0.05) is 18.8 Å². The van der Waals surface area contributed by atoms with Crippen molar-refractivity contribution in [3.63, 3.8) is 0 Å². The van der Waals surface area contributed by atoms with Gasteiger partial charge >= 0.3 is 0 Å². The highest BCUT2D eigenvalue weighted by Gasteiger charge is 2.12. The van der Waals surface area contributed by atoms with Gasteiger partial charge in [-0.3, -0.25) is 4.79 Å². The highest BCUT2D eigenvalue weighted by molar-refractivity contribution is 5.76. The van der Waals surface area contributed by atoms with Crippen molar-refractivity contribution >= 4 is 5.91 Å². The van der Waals surface area contributed by atoms with E-state index in [1.165, 1.54) is 0 Å². The van der Waals surface area contributed by atoms with E-state index in [0.29, 0.717) is 12.4 Å². The molecule has 0 spiro atoms. The number of aromatic nitrogens is 1. The Bertz CT molecular complexity index is 570. The van der Waals surface area contributed by atoms with Crippen molar-refractivity contribution in [2.24, 2.45) is 0 Å². The monoisotopic (exact) mass is 286 g/mol. The van der Waals surface area contributed by atoms with Gasteiger partial charge in [-0.25, -0.2) is 4.98 Å². The molecule has 2 N–H and O–H groups in total. The van der Waals surface area contributed by atoms with Crippen molar-refractivity contribution in [3.05, 3.63) is 59.8 Å². The Balaban J connectivity index is 1.81. The second-order valence-electron chi connectivity index (χ2n) is 4.62. The number of aliphatic hydroxyl groups excluding tert-OH is 1. The number of nitrogens with zero attached hydrogens (tertiary/aromatic N) is 1. The number of aliphatic hydroxyl groups is 1. The maximum Gasteiger partial charge on any atom is 0.223 e. The van der Waals surface area contributed by atoms with E-state index in [9.17, 15) is 9.90 Å². The van der Waals surface area contributed by atoms with Crippen LogP contribution in [0.25, 0.3) is 0 Å². The molecule has 0 radical (unpaired) electrons. The minimum Gasteiger partial charge on any atom is -0.481 e. The summed E-state index contributed by atoms with van der Waals surface area (Å²) < 4.78 is 4.96. The largest absolute Gasteiger partial charge is 0.481 e. The first-order chi connectivity index (χ1) is 10.2. The topological polar surface area (TPSA) is 71.5 Å². The SMILES string of the molecule is COc1ccc(CNC(=O)CC(O)c2ccccc2)cn1. The molecular weight excluding hydrogens is 268 g/mol. The van der Waals surface area contributed by atoms with Crippen LogP contribution in [0.15, 0.2) is 48.7 Å². The Hall–Kier alpha value is -2.40. The fourth-order valence-electron chi connectivity index (χ4n) is 1.88. The molecule has 1 unspecified atom stereocenters. The third-order valence-corrected chi connectivity index (χ3v) is 3.06. The van der Waals surface area contributed by atoms with E-state index in [4.69, 9.17) is 4.74 Å². The molecule has 5 nitrogen and oxygen atoms in total. The summed E-state index contributed by atoms with van der Waals surface area (Å²) in [5, 5.41) is 12.7. The number of benzene rings is 1. The molecule has 1 heterocycles. The van der Waals surface area contributed by atoms with Crippen molar-refractivity contribution in [3.8, 4) is 5.88 Å². The number of amides is 1. The minimum absolute atomic E-state index is 0.0353. The van der Waals surface area contributed by atoms with Crippen LogP contribution in [0.2, 0.25) is 0 Å². The third-order valence-electron chi connectivity index (χ3n) is 3.06. The number of pyridine rings is 1. The molecule has 0 bridgehead atoms. The van der Waals surface area contributed by atoms with Crippen molar-refractivity contribution in [1.29, 1.82) is 0 Å². The van der Waals surface area contributed by atoms with E-state index in [2.05, 4.69) is 10.3 Å². The van der Waals surface area contributed by atoms with Crippen molar-refractivity contribution in [2.45, 2.75) is 19.1 Å². The first kappa shape index (κ1) is 15.0. The van der Waals surface area contributed by atoms with Gasteiger partial charge in [-0.2, -0.15) is 0 Å². The number of carbonyl (C=O) groups excluding carboxylic acids is 1. The van der Waals surface area contributed by atoms with Crippen LogP contribution in [0.1, 0.15) is 23.7 Å². The third kappa shape index (κ3) is 4.57. The van der Waals surface area contributed by atoms with Gasteiger partial charge in [-0.15, -0.1) is 0 Å². The average Bonchev–Trinajstić information content (AvgIpc) is 2.54. The van der Waals surface area contributed by atoms with Crippen LogP contribution in [0.4, 0.5) is 0 Å². The number of carbonyl (C=O) groups is 1. The summed E-state index contributed by atoms with van der Waals surface area (Å²) in [5.41, 5.74) is 1.61. The molecule has 21 heavy (non-hydrogen) atoms. The molecule has 0 aliphatic heterocycles. The minimum atomic E-state index is -0.791. The molecule has 2 aromatic rings. The van der Waals surface area contributed by atoms with Crippen molar-refractivity contribution in [2.75, 3.05) is 7.11 Å². The Kier molecular flexibility index (Phi) is 5.29. The lowest BCUT2D eigenvalue weighted by atomic mass is 10.1. The number of methoxy groups -OCH3 is 1. The first-order valence-electron chi connectivity index (χ1n) is 6.67. The van der Waals surface area contributed by atoms with Crippen LogP contribution in [0.5, 0.6) is 5.88 Å². The number of nitrogens with one attached hydrogen (secondary N) is 1. The number of hydrogen-bond donors (Lipinski definition) is 2. The zero-order chi connectivity index (χ0) is 15.1. The average molecular weight is 286 g/mol. The van der Waals surface area contributed by atoms with Gasteiger partial charge in [0.25, 0.3) is 0 Å². The summed E-state index contributed by atoms with van der Waals surface area (Å²) in [4.78, 5) is 15.9. The standard InChI is InChI=1S/C16H18N2O3/c1-21-16-8-7-12(11-18-16)10-17-15(20)9-14(19)13-5-3-2-4-6-13/h2-8,11,14,19H,9-10H2,1H3,(H,17,20). The van der Waals surface area contributed by atoms with Crippen molar-refractivity contribution in [1.82, 2.24) is 10.3 Å². The molecule has 2 rings (SSSR count). The van der Waals surface area contributed by atoms with E-state index >= 15 is 0 Å². The van der Waals surface area contributed by atoms with Gasteiger partial charge in [0.15, 0.2) is 0 Å². The molecule has 0 saturated heterocycles. The second-order valence-corrected chi connectivity index (χ2v) is 4.62. The summed E-state index contributed by atoms with van der Waals surface area (Å²) in [5.74, 6) is 0.326. The molecule has 0 aliphatic rings. The summed E-state index contributed by atoms with van der Waals surface area (Å²) in [6.07, 6.45) is 0.889. The molecule has 1 atom stereocenters. The van der Waals surface area contributed by atoms with Crippen LogP contribution in [-0.4, -0.2) is 23.1 Å². The lowest BCUT2D eigenvalue weighted by Gasteiger charge is -2.11. The van der Waals surface area contributed by atoms with Gasteiger partial charge < -0.3 is 15.2 Å². The van der Waals surface area contributed by atoms with Crippen LogP contribution in [0, 0.1) is 0 Å². The smallest absolute Gasteiger partial charge is 0.223 e. The zero-order valence-corrected chi connectivity index (χ0v) is 11.8. The summed E-state index contributed by atoms with van der Waals surface area (Å²) in [6, 6.07) is 12.7. The fraction of sp³-hybridized carbons (Fsp3) is 0.250. The van der Waals surface area contributed by atoms with E-state index in [-0.39, 0.29) is 12.3 Å². The Morgan fingerprint density at radius 1 is 1.29 bits per heavy atom. The molecule has 110 valence electrons. The quantitative estimate of drug-likeness (QED) is 0.850. The van der Waals surface area contributed by atoms with E-state index in [1.54, 1.807) is 31.5 Å². The molecule has 0 aliphatic carbocycles. The summed E-state index contributed by atoms with van der Waals surface area (Å²) >= 11 is 0. The first-order valence-corrected chi connectivity index (χ1v) is 6.67. The van der Waals surface area contributed by atoms with E-state index in [1.807, 2.05) is 24.3 Å². The molecular formula is C16H18N2O3. The molecule has 1 amide bonds. The van der Waals surface area contributed by atoms with Crippen LogP contribution >= 0.6 is 0 Å². The Labute approximate surface area is 123 Å². The maximum absolute atomic E-state index is 11.8. The molecule has 0 fully saturated rings. The summed E-state index contributed by atoms with van der Waals surface area (Å²) in [6.45, 7) is 0.372. The Morgan fingerprint density at radius 2 is 2.05 bits per heavy atom. The second kappa shape index (κ2) is 7.40. The zero-order valence-electron chi connectivity index (χ0n) is 11.8. The number of rotatable bonds is 6. The maximum atomic E-state index is 11.8. The summed E-state index contributed by atoms with van der Waals surface area (Å²) in [7, 11) is 1.55. The molecule has 5 heteroatoms. The highest BCUT2D eigenvalue weighted by Crippen LogP contribution is 2.15. The number of hydrogen-bond acceptors (Lipinski definition) is 4. The predicted molar refractivity (Wildman–Crippen MR) is 78.7 cm³/mol. The Morgan fingerprint density at radius 3 is 2.67 bits per heavy atom. The normalized spacial score (nSPS) is 11.7. The van der Waals surface area contributed by atoms with Gasteiger partial charge in [-0.1, -0.05) is 36.4 Å². The lowest BCUT2D eigenvalue weighted by Crippen LogP contribution is -2.24. The van der Waals surface area contributed by atoms with E-state index < -0.39 is 6.10 Å². The van der Waals surface area contributed by atoms with Crippen LogP contribution in [-0.2, 0) is 11.3 Å². The fourth-order valence-corrected chi connectivity index (χ4v) is 1.88. The van der Waals surface area contributed by atoms with Crippen molar-refractivity contribution < 1.29 is 14.6 Å². The van der Waals surface area contributed by atoms with Crippen LogP contribution < -0.4 is 10.1 Å². The molecule has 1 aromatic carbocycles. The molecule has 0 saturated carbocycles. The van der Waals surface area contributed by atoms with Gasteiger partial charge in [0.05, 0.1) is 19.6 Å². The predicted octanol–water partition coefficient (Wildman–Crippen LogP) is 1.83. The van der Waals surface area contributed by atoms with Gasteiger partial charge in [-0.05, 0) is 11.1 Å². The van der Waals surface area contributed by atoms with E-state index in [0.717, 1.165) is 11.1 Å². The van der Waals surface area contributed by atoms with Crippen LogP contribution in [0.3, 0.4) is 0 Å². The van der Waals surface area contributed by atoms with Gasteiger partial charge in [0.2, 0.25) is 11.8 Å². The number of ether oxygens (including phenoxy) is 1. The molecule has 1 aromatic heterocycles. The highest BCUT2D eigenvalue weighted by atomic mass is 16.5. The van der Waals surface area contributed by atoms with Gasteiger partial charge in [0.1, 0.15) is 0 Å².